The van der Waals surface area contributed by atoms with Gasteiger partial charge in [0.05, 0.1) is 18.1 Å². The number of alkyl halides is 3. The first-order valence-electron chi connectivity index (χ1n) is 7.76. The number of imidazole rings is 1. The van der Waals surface area contributed by atoms with Gasteiger partial charge in [0.25, 0.3) is 5.88 Å². The maximum absolute atomic E-state index is 12.7. The van der Waals surface area contributed by atoms with Crippen molar-refractivity contribution in [3.8, 4) is 17.1 Å². The average Bonchev–Trinajstić information content (AvgIpc) is 2.96. The van der Waals surface area contributed by atoms with Crippen LogP contribution in [0.1, 0.15) is 13.8 Å². The van der Waals surface area contributed by atoms with Crippen molar-refractivity contribution in [1.82, 2.24) is 19.4 Å². The molecule has 0 fully saturated rings. The largest absolute Gasteiger partial charge is 0.462 e. The van der Waals surface area contributed by atoms with Crippen LogP contribution in [0, 0.1) is 0 Å². The molecular weight excluding hydrogens is 365 g/mol. The van der Waals surface area contributed by atoms with Crippen molar-refractivity contribution in [3.63, 3.8) is 0 Å². The molecule has 27 heavy (non-hydrogen) atoms. The molecule has 0 saturated carbocycles. The van der Waals surface area contributed by atoms with E-state index >= 15 is 0 Å². The van der Waals surface area contributed by atoms with Gasteiger partial charge in [-0.1, -0.05) is 0 Å². The van der Waals surface area contributed by atoms with Crippen molar-refractivity contribution in [3.05, 3.63) is 30.7 Å². The fourth-order valence-corrected chi connectivity index (χ4v) is 2.23. The number of carbonyl (C=O) groups is 1. The number of halogens is 3. The Morgan fingerprint density at radius 2 is 2.04 bits per heavy atom. The number of hydrogen-bond acceptors (Lipinski definition) is 6. The lowest BCUT2D eigenvalue weighted by molar-refractivity contribution is -0.189. The molecule has 0 radical (unpaired) electrons. The summed E-state index contributed by atoms with van der Waals surface area (Å²) in [4.78, 5) is 23.2. The van der Waals surface area contributed by atoms with Gasteiger partial charge in [-0.15, -0.1) is 0 Å². The highest BCUT2D eigenvalue weighted by Crippen LogP contribution is 2.28. The molecule has 1 atom stereocenters. The zero-order valence-electron chi connectivity index (χ0n) is 14.3. The fraction of sp³-hybridized carbons (Fsp3) is 0.250. The highest BCUT2D eigenvalue weighted by atomic mass is 19.4. The molecule has 8 nitrogen and oxygen atoms in total. The Kier molecular flexibility index (Phi) is 4.60. The number of nitrogen functional groups attached to an aromatic ring is 1. The van der Waals surface area contributed by atoms with E-state index in [1.54, 1.807) is 28.9 Å². The van der Waals surface area contributed by atoms with Gasteiger partial charge in [0.1, 0.15) is 5.65 Å². The summed E-state index contributed by atoms with van der Waals surface area (Å²) in [5.74, 6) is -0.539. The van der Waals surface area contributed by atoms with E-state index in [1.165, 1.54) is 13.1 Å². The Morgan fingerprint density at radius 1 is 1.30 bits per heavy atom. The Morgan fingerprint density at radius 3 is 2.70 bits per heavy atom. The summed E-state index contributed by atoms with van der Waals surface area (Å²) >= 11 is 0. The predicted molar refractivity (Wildman–Crippen MR) is 91.1 cm³/mol. The molecule has 11 heteroatoms. The maximum atomic E-state index is 12.7. The average molecular weight is 380 g/mol. The quantitative estimate of drug-likeness (QED) is 0.721. The molecule has 0 unspecified atom stereocenters. The zero-order valence-corrected chi connectivity index (χ0v) is 14.3. The van der Waals surface area contributed by atoms with E-state index in [9.17, 15) is 18.0 Å². The van der Waals surface area contributed by atoms with Gasteiger partial charge in [0, 0.05) is 18.7 Å². The van der Waals surface area contributed by atoms with Crippen LogP contribution in [0.4, 0.5) is 24.8 Å². The summed E-state index contributed by atoms with van der Waals surface area (Å²) < 4.78 is 44.6. The first-order chi connectivity index (χ1) is 12.6. The van der Waals surface area contributed by atoms with Gasteiger partial charge in [-0.2, -0.15) is 13.2 Å². The molecule has 3 aromatic heterocycles. The summed E-state index contributed by atoms with van der Waals surface area (Å²) in [6.45, 7) is 2.22. The Labute approximate surface area is 151 Å². The third kappa shape index (κ3) is 4.07. The minimum absolute atomic E-state index is 0.244. The number of anilines is 2. The molecule has 0 saturated heterocycles. The van der Waals surface area contributed by atoms with Gasteiger partial charge in [0.2, 0.25) is 5.91 Å². The van der Waals surface area contributed by atoms with E-state index in [-0.39, 0.29) is 17.4 Å². The van der Waals surface area contributed by atoms with Gasteiger partial charge in [-0.3, -0.25) is 4.79 Å². The number of ether oxygens (including phenoxy) is 1. The van der Waals surface area contributed by atoms with Crippen LogP contribution in [0.15, 0.2) is 30.7 Å². The maximum Gasteiger partial charge on any atom is 0.425 e. The molecule has 3 rings (SSSR count). The summed E-state index contributed by atoms with van der Waals surface area (Å²) in [6, 6.07) is 3.33. The lowest BCUT2D eigenvalue weighted by Crippen LogP contribution is -2.31. The van der Waals surface area contributed by atoms with E-state index < -0.39 is 18.2 Å². The summed E-state index contributed by atoms with van der Waals surface area (Å²) in [6.07, 6.45) is -2.08. The molecule has 3 N–H and O–H groups in total. The number of hydrogen-bond donors (Lipinski definition) is 2. The highest BCUT2D eigenvalue weighted by Gasteiger charge is 2.38. The molecule has 3 aromatic rings. The molecule has 0 aliphatic heterocycles. The van der Waals surface area contributed by atoms with E-state index in [1.807, 2.05) is 0 Å². The number of nitrogens with zero attached hydrogens (tertiary/aromatic N) is 4. The molecular formula is C16H15F3N6O2. The van der Waals surface area contributed by atoms with E-state index in [0.717, 1.165) is 6.92 Å². The second-order valence-corrected chi connectivity index (χ2v) is 5.74. The number of aromatic nitrogens is 4. The third-order valence-corrected chi connectivity index (χ3v) is 3.57. The SMILES string of the molecule is CC(=O)Nc1cn2cc(-c3cnc(N)c(O[C@@H](C)C(F)(F)F)n3)ccc2n1. The number of nitrogens with two attached hydrogens (primary N) is 1. The number of fused-ring (bicyclic) bond motifs is 1. The van der Waals surface area contributed by atoms with Crippen molar-refractivity contribution in [2.45, 2.75) is 26.1 Å². The van der Waals surface area contributed by atoms with Gasteiger partial charge in [-0.25, -0.2) is 15.0 Å². The molecule has 0 aliphatic rings. The highest BCUT2D eigenvalue weighted by molar-refractivity contribution is 5.87. The van der Waals surface area contributed by atoms with Gasteiger partial charge in [-0.05, 0) is 19.1 Å². The molecule has 3 heterocycles. The van der Waals surface area contributed by atoms with Crippen molar-refractivity contribution in [2.24, 2.45) is 0 Å². The summed E-state index contributed by atoms with van der Waals surface area (Å²) in [7, 11) is 0. The van der Waals surface area contributed by atoms with Crippen LogP contribution in [0.25, 0.3) is 16.9 Å². The Bertz CT molecular complexity index is 1000. The van der Waals surface area contributed by atoms with Crippen LogP contribution >= 0.6 is 0 Å². The second kappa shape index (κ2) is 6.74. The first kappa shape index (κ1) is 18.4. The minimum Gasteiger partial charge on any atom is -0.462 e. The zero-order chi connectivity index (χ0) is 19.8. The summed E-state index contributed by atoms with van der Waals surface area (Å²) in [5.41, 5.74) is 6.96. The fourth-order valence-electron chi connectivity index (χ4n) is 2.23. The monoisotopic (exact) mass is 380 g/mol. The van der Waals surface area contributed by atoms with Crippen molar-refractivity contribution in [2.75, 3.05) is 11.1 Å². The number of nitrogens with one attached hydrogen (secondary N) is 1. The smallest absolute Gasteiger partial charge is 0.425 e. The van der Waals surface area contributed by atoms with Crippen LogP contribution in [-0.2, 0) is 4.79 Å². The van der Waals surface area contributed by atoms with Crippen LogP contribution in [-0.4, -0.2) is 37.5 Å². The molecule has 0 aromatic carbocycles. The Balaban J connectivity index is 1.93. The van der Waals surface area contributed by atoms with Crippen molar-refractivity contribution in [1.29, 1.82) is 0 Å². The standard InChI is InChI=1S/C16H15F3N6O2/c1-8(16(17,18)19)27-15-14(20)21-5-11(23-15)10-3-4-13-24-12(22-9(2)26)7-25(13)6-10/h3-8H,1-2H3,(H2,20,21)(H,22,26)/t8-/m0/s1. The van der Waals surface area contributed by atoms with E-state index in [0.29, 0.717) is 17.0 Å². The molecule has 0 spiro atoms. The van der Waals surface area contributed by atoms with Gasteiger partial charge < -0.3 is 20.2 Å². The van der Waals surface area contributed by atoms with Gasteiger partial charge in [0.15, 0.2) is 17.7 Å². The number of rotatable bonds is 4. The number of amides is 1. The van der Waals surface area contributed by atoms with Crippen molar-refractivity contribution < 1.29 is 22.7 Å². The molecule has 1 amide bonds. The molecule has 142 valence electrons. The minimum atomic E-state index is -4.56. The van der Waals surface area contributed by atoms with Crippen molar-refractivity contribution >= 4 is 23.2 Å². The molecule has 0 aliphatic carbocycles. The predicted octanol–water partition coefficient (Wildman–Crippen LogP) is 2.66. The lowest BCUT2D eigenvalue weighted by Gasteiger charge is -2.17. The topological polar surface area (TPSA) is 107 Å². The number of pyridine rings is 1. The van der Waals surface area contributed by atoms with Crippen LogP contribution in [0.2, 0.25) is 0 Å². The number of carbonyl (C=O) groups excluding carboxylic acids is 1. The second-order valence-electron chi connectivity index (χ2n) is 5.74. The third-order valence-electron chi connectivity index (χ3n) is 3.57. The summed E-state index contributed by atoms with van der Waals surface area (Å²) in [5, 5.41) is 2.56. The lowest BCUT2D eigenvalue weighted by atomic mass is 10.2. The molecule has 0 bridgehead atoms. The Hall–Kier alpha value is -3.37. The van der Waals surface area contributed by atoms with Crippen LogP contribution in [0.3, 0.4) is 0 Å². The van der Waals surface area contributed by atoms with E-state index in [4.69, 9.17) is 10.5 Å². The van der Waals surface area contributed by atoms with Crippen LogP contribution in [0.5, 0.6) is 5.88 Å². The van der Waals surface area contributed by atoms with Gasteiger partial charge >= 0.3 is 6.18 Å². The first-order valence-corrected chi connectivity index (χ1v) is 7.76. The van der Waals surface area contributed by atoms with E-state index in [2.05, 4.69) is 20.3 Å². The van der Waals surface area contributed by atoms with Crippen LogP contribution < -0.4 is 15.8 Å². The normalized spacial score (nSPS) is 12.8.